The van der Waals surface area contributed by atoms with Crippen LogP contribution in [-0.2, 0) is 14.8 Å². The van der Waals surface area contributed by atoms with Crippen molar-refractivity contribution in [1.82, 2.24) is 4.90 Å². The zero-order chi connectivity index (χ0) is 13.3. The van der Waals surface area contributed by atoms with Crippen LogP contribution < -0.4 is 5.14 Å². The van der Waals surface area contributed by atoms with E-state index in [2.05, 4.69) is 5.92 Å². The molecule has 2 unspecified atom stereocenters. The summed E-state index contributed by atoms with van der Waals surface area (Å²) in [5, 5.41) is 4.98. The van der Waals surface area contributed by atoms with Gasteiger partial charge in [0, 0.05) is 18.9 Å². The number of primary sulfonamides is 1. The molecule has 1 heterocycles. The Bertz CT molecular complexity index is 452. The highest BCUT2D eigenvalue weighted by atomic mass is 32.2. The third kappa shape index (κ3) is 3.20. The first-order valence-electron chi connectivity index (χ1n) is 5.50. The minimum Gasteiger partial charge on any atom is -0.326 e. The van der Waals surface area contributed by atoms with E-state index in [0.717, 1.165) is 0 Å². The van der Waals surface area contributed by atoms with Crippen LogP contribution in [0, 0.1) is 18.3 Å². The van der Waals surface area contributed by atoms with E-state index in [0.29, 0.717) is 13.0 Å². The maximum atomic E-state index is 11.8. The number of hydrogen-bond acceptors (Lipinski definition) is 3. The zero-order valence-corrected chi connectivity index (χ0v) is 11.0. The third-order valence-corrected chi connectivity index (χ3v) is 4.20. The van der Waals surface area contributed by atoms with Gasteiger partial charge < -0.3 is 4.90 Å². The van der Waals surface area contributed by atoms with Crippen molar-refractivity contribution in [2.24, 2.45) is 11.1 Å². The number of nitrogens with zero attached hydrogens (tertiary/aromatic N) is 1. The van der Waals surface area contributed by atoms with Gasteiger partial charge in [-0.2, -0.15) is 0 Å². The van der Waals surface area contributed by atoms with Gasteiger partial charge in [-0.25, -0.2) is 13.6 Å². The lowest BCUT2D eigenvalue weighted by atomic mass is 9.98. The lowest BCUT2D eigenvalue weighted by molar-refractivity contribution is -0.131. The van der Waals surface area contributed by atoms with Crippen LogP contribution in [0.4, 0.5) is 0 Å². The third-order valence-electron chi connectivity index (χ3n) is 3.27. The molecule has 5 nitrogen and oxygen atoms in total. The second kappa shape index (κ2) is 4.67. The van der Waals surface area contributed by atoms with E-state index in [1.807, 2.05) is 13.8 Å². The maximum absolute atomic E-state index is 11.8. The predicted octanol–water partition coefficient (Wildman–Crippen LogP) is -0.0747. The van der Waals surface area contributed by atoms with Crippen molar-refractivity contribution >= 4 is 15.9 Å². The Morgan fingerprint density at radius 3 is 2.65 bits per heavy atom. The molecule has 1 rings (SSSR count). The van der Waals surface area contributed by atoms with Gasteiger partial charge in [-0.15, -0.1) is 6.42 Å². The molecule has 2 atom stereocenters. The normalized spacial score (nSPS) is 24.5. The summed E-state index contributed by atoms with van der Waals surface area (Å²) in [7, 11) is -3.54. The first-order valence-corrected chi connectivity index (χ1v) is 7.22. The minimum atomic E-state index is -3.54. The zero-order valence-electron chi connectivity index (χ0n) is 10.1. The summed E-state index contributed by atoms with van der Waals surface area (Å²) in [5.41, 5.74) is -0.635. The maximum Gasteiger partial charge on any atom is 0.224 e. The Kier molecular flexibility index (Phi) is 3.84. The fourth-order valence-electron chi connectivity index (χ4n) is 2.07. The van der Waals surface area contributed by atoms with Gasteiger partial charge in [-0.1, -0.05) is 12.8 Å². The molecule has 1 saturated heterocycles. The molecule has 0 aromatic heterocycles. The minimum absolute atomic E-state index is 0.0963. The van der Waals surface area contributed by atoms with Gasteiger partial charge in [0.1, 0.15) is 5.54 Å². The van der Waals surface area contributed by atoms with Crippen LogP contribution in [0.25, 0.3) is 0 Å². The van der Waals surface area contributed by atoms with Gasteiger partial charge in [0.25, 0.3) is 0 Å². The summed E-state index contributed by atoms with van der Waals surface area (Å²) in [6, 6.07) is 0. The van der Waals surface area contributed by atoms with Crippen molar-refractivity contribution in [3.05, 3.63) is 0 Å². The van der Waals surface area contributed by atoms with Crippen LogP contribution in [0.15, 0.2) is 0 Å². The summed E-state index contributed by atoms with van der Waals surface area (Å²) >= 11 is 0. The second-order valence-corrected chi connectivity index (χ2v) is 6.33. The second-order valence-electron chi connectivity index (χ2n) is 4.68. The van der Waals surface area contributed by atoms with Crippen molar-refractivity contribution in [2.45, 2.75) is 32.2 Å². The lowest BCUT2D eigenvalue weighted by Gasteiger charge is -2.33. The summed E-state index contributed by atoms with van der Waals surface area (Å²) in [4.78, 5) is 13.4. The van der Waals surface area contributed by atoms with Crippen LogP contribution >= 0.6 is 0 Å². The summed E-state index contributed by atoms with van der Waals surface area (Å²) in [5.74, 6) is 2.09. The number of rotatable bonds is 4. The number of hydrogen-bond donors (Lipinski definition) is 1. The molecule has 6 heteroatoms. The Hall–Kier alpha value is -1.06. The molecule has 1 aliphatic heterocycles. The predicted molar refractivity (Wildman–Crippen MR) is 65.3 cm³/mol. The molecule has 0 aliphatic carbocycles. The van der Waals surface area contributed by atoms with E-state index >= 15 is 0 Å². The van der Waals surface area contributed by atoms with Gasteiger partial charge in [-0.3, -0.25) is 4.79 Å². The topological polar surface area (TPSA) is 80.5 Å². The highest BCUT2D eigenvalue weighted by Crippen LogP contribution is 2.28. The average Bonchev–Trinajstić information content (AvgIpc) is 2.56. The van der Waals surface area contributed by atoms with Crippen molar-refractivity contribution < 1.29 is 13.2 Å². The molecule has 2 N–H and O–H groups in total. The highest BCUT2D eigenvalue weighted by Gasteiger charge is 2.40. The van der Waals surface area contributed by atoms with E-state index in [4.69, 9.17) is 11.6 Å². The molecule has 17 heavy (non-hydrogen) atoms. The SMILES string of the molecule is C#CC(C)(CC)N1CC(CS(N)(=O)=O)CC1=O. The van der Waals surface area contributed by atoms with Gasteiger partial charge in [0.15, 0.2) is 0 Å². The number of likely N-dealkylation sites (tertiary alicyclic amines) is 1. The largest absolute Gasteiger partial charge is 0.326 e. The van der Waals surface area contributed by atoms with Crippen molar-refractivity contribution in [3.8, 4) is 12.3 Å². The summed E-state index contributed by atoms with van der Waals surface area (Å²) < 4.78 is 22.0. The fourth-order valence-corrected chi connectivity index (χ4v) is 2.95. The number of sulfonamides is 1. The number of carbonyl (C=O) groups is 1. The first kappa shape index (κ1) is 14.0. The number of amides is 1. The standard InChI is InChI=1S/C11H18N2O3S/c1-4-11(3,5-2)13-7-9(6-10(13)14)8-17(12,15)16/h1,9H,5-8H2,2-3H3,(H2,12,15,16). The van der Waals surface area contributed by atoms with E-state index < -0.39 is 15.6 Å². The summed E-state index contributed by atoms with van der Waals surface area (Å²) in [6.07, 6.45) is 6.28. The molecule has 1 fully saturated rings. The lowest BCUT2D eigenvalue weighted by Crippen LogP contribution is -2.46. The molecule has 1 amide bonds. The molecule has 0 aromatic carbocycles. The molecule has 0 bridgehead atoms. The molecule has 0 spiro atoms. The Labute approximate surface area is 102 Å². The molecule has 0 radical (unpaired) electrons. The summed E-state index contributed by atoms with van der Waals surface area (Å²) in [6.45, 7) is 4.08. The van der Waals surface area contributed by atoms with E-state index in [1.54, 1.807) is 4.90 Å². The van der Waals surface area contributed by atoms with Crippen molar-refractivity contribution in [1.29, 1.82) is 0 Å². The van der Waals surface area contributed by atoms with E-state index in [9.17, 15) is 13.2 Å². The smallest absolute Gasteiger partial charge is 0.224 e. The van der Waals surface area contributed by atoms with Crippen molar-refractivity contribution in [2.75, 3.05) is 12.3 Å². The van der Waals surface area contributed by atoms with E-state index in [1.165, 1.54) is 0 Å². The van der Waals surface area contributed by atoms with Crippen LogP contribution in [-0.4, -0.2) is 37.1 Å². The highest BCUT2D eigenvalue weighted by molar-refractivity contribution is 7.89. The monoisotopic (exact) mass is 258 g/mol. The van der Waals surface area contributed by atoms with Crippen LogP contribution in [0.3, 0.4) is 0 Å². The van der Waals surface area contributed by atoms with Gasteiger partial charge >= 0.3 is 0 Å². The number of nitrogens with two attached hydrogens (primary N) is 1. The van der Waals surface area contributed by atoms with Crippen LogP contribution in [0.2, 0.25) is 0 Å². The van der Waals surface area contributed by atoms with Crippen molar-refractivity contribution in [3.63, 3.8) is 0 Å². The molecule has 0 aromatic rings. The van der Waals surface area contributed by atoms with Crippen LogP contribution in [0.1, 0.15) is 26.7 Å². The van der Waals surface area contributed by atoms with Crippen LogP contribution in [0.5, 0.6) is 0 Å². The quantitative estimate of drug-likeness (QED) is 0.716. The fraction of sp³-hybridized carbons (Fsp3) is 0.727. The molecular weight excluding hydrogens is 240 g/mol. The molecule has 96 valence electrons. The average molecular weight is 258 g/mol. The number of carbonyl (C=O) groups excluding carboxylic acids is 1. The number of terminal acetylenes is 1. The first-order chi connectivity index (χ1) is 7.72. The van der Waals surface area contributed by atoms with Gasteiger partial charge in [0.2, 0.25) is 15.9 Å². The Balaban J connectivity index is 2.82. The molecule has 1 aliphatic rings. The molecular formula is C11H18N2O3S. The van der Waals surface area contributed by atoms with E-state index in [-0.39, 0.29) is 24.0 Å². The Morgan fingerprint density at radius 1 is 1.65 bits per heavy atom. The Morgan fingerprint density at radius 2 is 2.24 bits per heavy atom. The molecule has 0 saturated carbocycles. The van der Waals surface area contributed by atoms with Gasteiger partial charge in [-0.05, 0) is 13.3 Å². The van der Waals surface area contributed by atoms with Gasteiger partial charge in [0.05, 0.1) is 5.75 Å².